The van der Waals surface area contributed by atoms with E-state index in [1.54, 1.807) is 18.2 Å². The minimum absolute atomic E-state index is 0.141. The van der Waals surface area contributed by atoms with Crippen molar-refractivity contribution in [1.29, 1.82) is 0 Å². The summed E-state index contributed by atoms with van der Waals surface area (Å²) < 4.78 is 18.5. The zero-order valence-corrected chi connectivity index (χ0v) is 9.78. The lowest BCUT2D eigenvalue weighted by molar-refractivity contribution is -0.147. The Morgan fingerprint density at radius 2 is 2.24 bits per heavy atom. The van der Waals surface area contributed by atoms with Crippen LogP contribution in [0, 0.1) is 11.7 Å². The summed E-state index contributed by atoms with van der Waals surface area (Å²) >= 11 is 0. The van der Waals surface area contributed by atoms with Gasteiger partial charge in [-0.2, -0.15) is 0 Å². The minimum Gasteiger partial charge on any atom is -0.469 e. The van der Waals surface area contributed by atoms with Crippen molar-refractivity contribution < 1.29 is 13.9 Å². The number of esters is 1. The van der Waals surface area contributed by atoms with Crippen LogP contribution < -0.4 is 5.32 Å². The number of carbonyl (C=O) groups excluding carboxylic acids is 1. The third-order valence-corrected chi connectivity index (χ3v) is 3.29. The quantitative estimate of drug-likeness (QED) is 0.795. The van der Waals surface area contributed by atoms with E-state index < -0.39 is 0 Å². The van der Waals surface area contributed by atoms with E-state index >= 15 is 0 Å². The molecule has 1 aromatic carbocycles. The maximum atomic E-state index is 13.7. The van der Waals surface area contributed by atoms with Gasteiger partial charge < -0.3 is 10.1 Å². The molecule has 1 N–H and O–H groups in total. The number of methoxy groups -OCH3 is 1. The van der Waals surface area contributed by atoms with Crippen LogP contribution in [-0.4, -0.2) is 26.2 Å². The highest BCUT2D eigenvalue weighted by Crippen LogP contribution is 2.31. The zero-order valence-electron chi connectivity index (χ0n) is 9.78. The van der Waals surface area contributed by atoms with Crippen molar-refractivity contribution >= 4 is 5.97 Å². The second-order valence-corrected chi connectivity index (χ2v) is 4.25. The molecule has 0 spiro atoms. The number of nitrogens with one attached hydrogen (secondary N) is 1. The summed E-state index contributed by atoms with van der Waals surface area (Å²) in [5.41, 5.74) is 0.593. The summed E-state index contributed by atoms with van der Waals surface area (Å²) in [5, 5.41) is 3.20. The van der Waals surface area contributed by atoms with Gasteiger partial charge in [0, 0.05) is 12.5 Å². The SMILES string of the molecule is COC(=O)[C@@H]1CCNC[C@@H]1c1ccccc1F. The smallest absolute Gasteiger partial charge is 0.309 e. The van der Waals surface area contributed by atoms with Crippen LogP contribution in [-0.2, 0) is 9.53 Å². The first kappa shape index (κ1) is 12.0. The first-order chi connectivity index (χ1) is 8.24. The molecule has 2 rings (SSSR count). The fraction of sp³-hybridized carbons (Fsp3) is 0.462. The molecule has 0 unspecified atom stereocenters. The average molecular weight is 237 g/mol. The highest BCUT2D eigenvalue weighted by Gasteiger charge is 2.33. The highest BCUT2D eigenvalue weighted by atomic mass is 19.1. The number of carbonyl (C=O) groups is 1. The number of rotatable bonds is 2. The molecule has 1 fully saturated rings. The van der Waals surface area contributed by atoms with Gasteiger partial charge in [-0.25, -0.2) is 4.39 Å². The van der Waals surface area contributed by atoms with E-state index in [9.17, 15) is 9.18 Å². The molecule has 0 radical (unpaired) electrons. The molecule has 0 aromatic heterocycles. The molecule has 17 heavy (non-hydrogen) atoms. The Labute approximate surface area is 100.0 Å². The third-order valence-electron chi connectivity index (χ3n) is 3.29. The zero-order chi connectivity index (χ0) is 12.3. The maximum absolute atomic E-state index is 13.7. The van der Waals surface area contributed by atoms with Crippen molar-refractivity contribution in [3.8, 4) is 0 Å². The molecule has 1 saturated heterocycles. The van der Waals surface area contributed by atoms with Gasteiger partial charge in [0.05, 0.1) is 13.0 Å². The van der Waals surface area contributed by atoms with E-state index in [0.29, 0.717) is 18.5 Å². The molecule has 1 aromatic rings. The minimum atomic E-state index is -0.255. The van der Waals surface area contributed by atoms with Crippen molar-refractivity contribution in [3.63, 3.8) is 0 Å². The summed E-state index contributed by atoms with van der Waals surface area (Å²) in [5.74, 6) is -0.898. The predicted octanol–water partition coefficient (Wildman–Crippen LogP) is 1.69. The molecule has 3 nitrogen and oxygen atoms in total. The van der Waals surface area contributed by atoms with E-state index in [-0.39, 0.29) is 23.6 Å². The van der Waals surface area contributed by atoms with Gasteiger partial charge in [0.25, 0.3) is 0 Å². The van der Waals surface area contributed by atoms with Gasteiger partial charge in [-0.3, -0.25) is 4.79 Å². The normalized spacial score (nSPS) is 24.4. The second kappa shape index (κ2) is 5.27. The summed E-state index contributed by atoms with van der Waals surface area (Å²) in [6, 6.07) is 6.62. The van der Waals surface area contributed by atoms with Crippen molar-refractivity contribution in [2.75, 3.05) is 20.2 Å². The Hall–Kier alpha value is -1.42. The number of halogens is 1. The van der Waals surface area contributed by atoms with E-state index in [1.165, 1.54) is 13.2 Å². The number of hydrogen-bond acceptors (Lipinski definition) is 3. The molecule has 1 heterocycles. The van der Waals surface area contributed by atoms with Gasteiger partial charge in [-0.1, -0.05) is 18.2 Å². The lowest BCUT2D eigenvalue weighted by Gasteiger charge is -2.30. The molecule has 1 aliphatic heterocycles. The number of ether oxygens (including phenoxy) is 1. The van der Waals surface area contributed by atoms with Crippen LogP contribution in [0.4, 0.5) is 4.39 Å². The Morgan fingerprint density at radius 3 is 2.94 bits per heavy atom. The van der Waals surface area contributed by atoms with Crippen LogP contribution in [0.5, 0.6) is 0 Å². The molecule has 2 atom stereocenters. The summed E-state index contributed by atoms with van der Waals surface area (Å²) in [4.78, 5) is 11.7. The first-order valence-corrected chi connectivity index (χ1v) is 5.77. The van der Waals surface area contributed by atoms with Gasteiger partial charge in [0.1, 0.15) is 5.82 Å². The summed E-state index contributed by atoms with van der Waals surface area (Å²) in [6.45, 7) is 1.38. The largest absolute Gasteiger partial charge is 0.469 e. The van der Waals surface area contributed by atoms with Crippen molar-refractivity contribution in [2.24, 2.45) is 5.92 Å². The highest BCUT2D eigenvalue weighted by molar-refractivity contribution is 5.73. The van der Waals surface area contributed by atoms with Gasteiger partial charge >= 0.3 is 5.97 Å². The van der Waals surface area contributed by atoms with Gasteiger partial charge in [-0.05, 0) is 24.6 Å². The fourth-order valence-electron chi connectivity index (χ4n) is 2.39. The Balaban J connectivity index is 2.28. The lowest BCUT2D eigenvalue weighted by atomic mass is 9.81. The van der Waals surface area contributed by atoms with Crippen LogP contribution in [0.2, 0.25) is 0 Å². The maximum Gasteiger partial charge on any atom is 0.309 e. The van der Waals surface area contributed by atoms with Crippen molar-refractivity contribution in [1.82, 2.24) is 5.32 Å². The topological polar surface area (TPSA) is 38.3 Å². The van der Waals surface area contributed by atoms with Crippen LogP contribution >= 0.6 is 0 Å². The van der Waals surface area contributed by atoms with E-state index in [1.807, 2.05) is 0 Å². The van der Waals surface area contributed by atoms with E-state index in [4.69, 9.17) is 4.74 Å². The molecule has 0 amide bonds. The van der Waals surface area contributed by atoms with Crippen LogP contribution in [0.15, 0.2) is 24.3 Å². The number of piperidine rings is 1. The molecular weight excluding hydrogens is 221 g/mol. The van der Waals surface area contributed by atoms with Crippen molar-refractivity contribution in [2.45, 2.75) is 12.3 Å². The molecule has 0 saturated carbocycles. The molecule has 4 heteroatoms. The summed E-state index contributed by atoms with van der Waals surface area (Å²) in [7, 11) is 1.38. The molecule has 0 aliphatic carbocycles. The number of benzene rings is 1. The number of hydrogen-bond donors (Lipinski definition) is 1. The lowest BCUT2D eigenvalue weighted by Crippen LogP contribution is -2.39. The van der Waals surface area contributed by atoms with Crippen LogP contribution in [0.25, 0.3) is 0 Å². The van der Waals surface area contributed by atoms with E-state index in [0.717, 1.165) is 6.54 Å². The Kier molecular flexibility index (Phi) is 3.74. The summed E-state index contributed by atoms with van der Waals surface area (Å²) in [6.07, 6.45) is 0.686. The predicted molar refractivity (Wildman–Crippen MR) is 62.1 cm³/mol. The Bertz CT molecular complexity index is 408. The Morgan fingerprint density at radius 1 is 1.47 bits per heavy atom. The third kappa shape index (κ3) is 2.47. The molecule has 0 bridgehead atoms. The molecule has 92 valence electrons. The first-order valence-electron chi connectivity index (χ1n) is 5.77. The van der Waals surface area contributed by atoms with Crippen LogP contribution in [0.3, 0.4) is 0 Å². The average Bonchev–Trinajstić information content (AvgIpc) is 2.38. The molecular formula is C13H16FNO2. The van der Waals surface area contributed by atoms with Gasteiger partial charge in [-0.15, -0.1) is 0 Å². The van der Waals surface area contributed by atoms with Gasteiger partial charge in [0.15, 0.2) is 0 Å². The fourth-order valence-corrected chi connectivity index (χ4v) is 2.39. The standard InChI is InChI=1S/C13H16FNO2/c1-17-13(16)10-6-7-15-8-11(10)9-4-2-3-5-12(9)14/h2-5,10-11,15H,6-8H2,1H3/t10-,11-/m1/s1. The molecule has 1 aliphatic rings. The van der Waals surface area contributed by atoms with Crippen molar-refractivity contribution in [3.05, 3.63) is 35.6 Å². The van der Waals surface area contributed by atoms with Gasteiger partial charge in [0.2, 0.25) is 0 Å². The monoisotopic (exact) mass is 237 g/mol. The van der Waals surface area contributed by atoms with E-state index in [2.05, 4.69) is 5.32 Å². The second-order valence-electron chi connectivity index (χ2n) is 4.25. The van der Waals surface area contributed by atoms with Crippen LogP contribution in [0.1, 0.15) is 17.9 Å².